The maximum Gasteiger partial charge on any atom is 0.259 e. The van der Waals surface area contributed by atoms with Crippen molar-refractivity contribution in [1.82, 2.24) is 15.4 Å². The van der Waals surface area contributed by atoms with Crippen LogP contribution in [0.2, 0.25) is 0 Å². The van der Waals surface area contributed by atoms with Gasteiger partial charge in [-0.25, -0.2) is 10.4 Å². The van der Waals surface area contributed by atoms with E-state index >= 15 is 0 Å². The molecule has 0 radical (unpaired) electrons. The topological polar surface area (TPSA) is 106 Å². The zero-order chi connectivity index (χ0) is 20.3. The van der Waals surface area contributed by atoms with Crippen LogP contribution in [0.5, 0.6) is 11.5 Å². The molecular formula is C19H20N4O4S. The number of methoxy groups -OCH3 is 2. The Morgan fingerprint density at radius 3 is 2.57 bits per heavy atom. The van der Waals surface area contributed by atoms with Crippen LogP contribution in [0.4, 0.5) is 0 Å². The lowest BCUT2D eigenvalue weighted by atomic mass is 10.2. The predicted octanol–water partition coefficient (Wildman–Crippen LogP) is 2.31. The maximum absolute atomic E-state index is 12.3. The lowest BCUT2D eigenvalue weighted by Crippen LogP contribution is -2.23. The van der Waals surface area contributed by atoms with Gasteiger partial charge in [0, 0.05) is 16.5 Å². The van der Waals surface area contributed by atoms with Crippen molar-refractivity contribution in [2.75, 3.05) is 14.2 Å². The number of amides is 1. The third-order valence-electron chi connectivity index (χ3n) is 4.19. The number of hydrazone groups is 1. The van der Waals surface area contributed by atoms with Gasteiger partial charge in [-0.05, 0) is 31.5 Å². The number of aromatic nitrogens is 2. The van der Waals surface area contributed by atoms with Crippen molar-refractivity contribution in [2.24, 2.45) is 5.10 Å². The standard InChI is InChI=1S/C19H20N4O4S/c1-10-11(2)28-19-17(10)18(25)21-15(22-19)8-16(24)23-20-9-12-5-13(26-3)7-14(6-12)27-4/h5-7,9H,8H2,1-4H3,(H,23,24)(H,21,22,25)/b20-9+. The molecule has 0 saturated carbocycles. The van der Waals surface area contributed by atoms with Gasteiger partial charge in [0.05, 0.1) is 32.2 Å². The van der Waals surface area contributed by atoms with E-state index in [1.54, 1.807) is 32.4 Å². The monoisotopic (exact) mass is 400 g/mol. The van der Waals surface area contributed by atoms with E-state index < -0.39 is 5.91 Å². The predicted molar refractivity (Wildman–Crippen MR) is 109 cm³/mol. The van der Waals surface area contributed by atoms with E-state index in [9.17, 15) is 9.59 Å². The number of fused-ring (bicyclic) bond motifs is 1. The van der Waals surface area contributed by atoms with E-state index in [1.165, 1.54) is 17.6 Å². The number of benzene rings is 1. The van der Waals surface area contributed by atoms with Crippen LogP contribution in [0.1, 0.15) is 21.8 Å². The van der Waals surface area contributed by atoms with Crippen molar-refractivity contribution >= 4 is 33.7 Å². The first-order chi connectivity index (χ1) is 13.4. The third-order valence-corrected chi connectivity index (χ3v) is 5.29. The summed E-state index contributed by atoms with van der Waals surface area (Å²) in [6.07, 6.45) is 1.40. The normalized spacial score (nSPS) is 11.1. The summed E-state index contributed by atoms with van der Waals surface area (Å²) in [6, 6.07) is 5.25. The number of ether oxygens (including phenoxy) is 2. The molecule has 0 aliphatic carbocycles. The SMILES string of the molecule is COc1cc(/C=N/NC(=O)Cc2nc3sc(C)c(C)c3c(=O)[nH]2)cc(OC)c1. The van der Waals surface area contributed by atoms with Crippen LogP contribution in [0.25, 0.3) is 10.2 Å². The Labute approximate surface area is 165 Å². The van der Waals surface area contributed by atoms with Crippen molar-refractivity contribution in [1.29, 1.82) is 0 Å². The summed E-state index contributed by atoms with van der Waals surface area (Å²) in [5.74, 6) is 1.14. The number of nitrogens with one attached hydrogen (secondary N) is 2. The fraction of sp³-hybridized carbons (Fsp3) is 0.263. The van der Waals surface area contributed by atoms with E-state index in [-0.39, 0.29) is 12.0 Å². The number of hydrogen-bond donors (Lipinski definition) is 2. The second kappa shape index (κ2) is 8.22. The minimum absolute atomic E-state index is 0.0834. The summed E-state index contributed by atoms with van der Waals surface area (Å²) in [7, 11) is 3.11. The number of carbonyl (C=O) groups excluding carboxylic acids is 1. The van der Waals surface area contributed by atoms with E-state index in [2.05, 4.69) is 20.5 Å². The minimum Gasteiger partial charge on any atom is -0.497 e. The number of aryl methyl sites for hydroxylation is 2. The smallest absolute Gasteiger partial charge is 0.259 e. The van der Waals surface area contributed by atoms with Gasteiger partial charge in [0.1, 0.15) is 22.2 Å². The van der Waals surface area contributed by atoms with Crippen LogP contribution >= 0.6 is 11.3 Å². The molecule has 0 fully saturated rings. The summed E-state index contributed by atoms with van der Waals surface area (Å²) in [5.41, 5.74) is 3.82. The molecule has 0 saturated heterocycles. The van der Waals surface area contributed by atoms with Crippen LogP contribution in [-0.4, -0.2) is 36.3 Å². The zero-order valence-corrected chi connectivity index (χ0v) is 16.8. The molecule has 1 amide bonds. The first-order valence-electron chi connectivity index (χ1n) is 8.45. The van der Waals surface area contributed by atoms with Gasteiger partial charge in [-0.15, -0.1) is 11.3 Å². The van der Waals surface area contributed by atoms with Crippen LogP contribution in [0.3, 0.4) is 0 Å². The summed E-state index contributed by atoms with van der Waals surface area (Å²) in [4.78, 5) is 33.1. The highest BCUT2D eigenvalue weighted by Crippen LogP contribution is 2.25. The fourth-order valence-electron chi connectivity index (χ4n) is 2.66. The molecule has 3 rings (SSSR count). The van der Waals surface area contributed by atoms with Gasteiger partial charge in [-0.3, -0.25) is 9.59 Å². The Kier molecular flexibility index (Phi) is 5.74. The fourth-order valence-corrected chi connectivity index (χ4v) is 3.71. The number of thiophene rings is 1. The van der Waals surface area contributed by atoms with Gasteiger partial charge in [0.25, 0.3) is 5.56 Å². The lowest BCUT2D eigenvalue weighted by Gasteiger charge is -2.05. The summed E-state index contributed by atoms with van der Waals surface area (Å²) in [6.45, 7) is 3.83. The van der Waals surface area contributed by atoms with Gasteiger partial charge < -0.3 is 14.5 Å². The summed E-state index contributed by atoms with van der Waals surface area (Å²) >= 11 is 1.44. The minimum atomic E-state index is -0.390. The molecule has 2 heterocycles. The van der Waals surface area contributed by atoms with Crippen LogP contribution < -0.4 is 20.5 Å². The van der Waals surface area contributed by atoms with Gasteiger partial charge in [-0.1, -0.05) is 0 Å². The molecule has 3 aromatic rings. The van der Waals surface area contributed by atoms with Crippen molar-refractivity contribution in [3.8, 4) is 11.5 Å². The first-order valence-corrected chi connectivity index (χ1v) is 9.26. The average molecular weight is 400 g/mol. The van der Waals surface area contributed by atoms with Gasteiger partial charge in [0.2, 0.25) is 5.91 Å². The van der Waals surface area contributed by atoms with E-state index in [1.807, 2.05) is 13.8 Å². The zero-order valence-electron chi connectivity index (χ0n) is 16.0. The van der Waals surface area contributed by atoms with Crippen molar-refractivity contribution in [2.45, 2.75) is 20.3 Å². The molecular weight excluding hydrogens is 380 g/mol. The number of nitrogens with zero attached hydrogens (tertiary/aromatic N) is 2. The Morgan fingerprint density at radius 1 is 1.25 bits per heavy atom. The molecule has 0 spiro atoms. The lowest BCUT2D eigenvalue weighted by molar-refractivity contribution is -0.120. The second-order valence-electron chi connectivity index (χ2n) is 6.09. The van der Waals surface area contributed by atoms with E-state index in [0.717, 1.165) is 10.4 Å². The molecule has 2 N–H and O–H groups in total. The largest absolute Gasteiger partial charge is 0.497 e. The van der Waals surface area contributed by atoms with E-state index in [0.29, 0.717) is 33.1 Å². The molecule has 0 aliphatic heterocycles. The molecule has 0 aliphatic rings. The third kappa shape index (κ3) is 4.20. The maximum atomic E-state index is 12.3. The highest BCUT2D eigenvalue weighted by molar-refractivity contribution is 7.18. The van der Waals surface area contributed by atoms with Crippen molar-refractivity contribution in [3.05, 3.63) is 50.4 Å². The molecule has 2 aromatic heterocycles. The first kappa shape index (κ1) is 19.6. The summed E-state index contributed by atoms with van der Waals surface area (Å²) in [5, 5.41) is 4.52. The van der Waals surface area contributed by atoms with Gasteiger partial charge in [-0.2, -0.15) is 5.10 Å². The highest BCUT2D eigenvalue weighted by atomic mass is 32.1. The van der Waals surface area contributed by atoms with Crippen LogP contribution in [-0.2, 0) is 11.2 Å². The molecule has 0 atom stereocenters. The number of aromatic amines is 1. The van der Waals surface area contributed by atoms with Crippen molar-refractivity contribution < 1.29 is 14.3 Å². The molecule has 9 heteroatoms. The Bertz CT molecular complexity index is 1090. The molecule has 8 nitrogen and oxygen atoms in total. The summed E-state index contributed by atoms with van der Waals surface area (Å²) < 4.78 is 10.4. The highest BCUT2D eigenvalue weighted by Gasteiger charge is 2.13. The molecule has 1 aromatic carbocycles. The Hall–Kier alpha value is -3.20. The number of hydrogen-bond acceptors (Lipinski definition) is 7. The average Bonchev–Trinajstić information content (AvgIpc) is 2.95. The van der Waals surface area contributed by atoms with Crippen LogP contribution in [0, 0.1) is 13.8 Å². The molecule has 0 unspecified atom stereocenters. The van der Waals surface area contributed by atoms with Gasteiger partial charge in [0.15, 0.2) is 0 Å². The number of carbonyl (C=O) groups is 1. The quantitative estimate of drug-likeness (QED) is 0.488. The van der Waals surface area contributed by atoms with Crippen LogP contribution in [0.15, 0.2) is 28.1 Å². The number of rotatable bonds is 6. The second-order valence-corrected chi connectivity index (χ2v) is 7.30. The Balaban J connectivity index is 1.70. The Morgan fingerprint density at radius 2 is 1.93 bits per heavy atom. The van der Waals surface area contributed by atoms with Gasteiger partial charge >= 0.3 is 0 Å². The van der Waals surface area contributed by atoms with Crippen molar-refractivity contribution in [3.63, 3.8) is 0 Å². The molecule has 0 bridgehead atoms. The molecule has 28 heavy (non-hydrogen) atoms. The van der Waals surface area contributed by atoms with E-state index in [4.69, 9.17) is 9.47 Å². The number of H-pyrrole nitrogens is 1. The molecule has 146 valence electrons.